The van der Waals surface area contributed by atoms with Crippen molar-refractivity contribution < 1.29 is 92.3 Å². The molecule has 0 atom stereocenters. The van der Waals surface area contributed by atoms with Crippen molar-refractivity contribution in [2.75, 3.05) is 13.2 Å². The Morgan fingerprint density at radius 1 is 0.629 bits per heavy atom. The number of nitrogens with zero attached hydrogens (tertiary/aromatic N) is 1. The van der Waals surface area contributed by atoms with Crippen LogP contribution in [0.25, 0.3) is 0 Å². The Bertz CT molecular complexity index is 880. The third-order valence-corrected chi connectivity index (χ3v) is 5.39. The molecule has 23 heteroatoms. The Balaban J connectivity index is 6.83. The number of rotatable bonds is 12. The lowest BCUT2D eigenvalue weighted by Crippen LogP contribution is -2.75. The predicted molar refractivity (Wildman–Crippen MR) is 73.6 cm³/mol. The molecule has 0 spiro atoms. The highest BCUT2D eigenvalue weighted by Gasteiger charge is 2.96. The van der Waals surface area contributed by atoms with Gasteiger partial charge >= 0.3 is 57.0 Å². The molecule has 0 fully saturated rings. The molecule has 0 rings (SSSR count). The van der Waals surface area contributed by atoms with Crippen molar-refractivity contribution in [3.05, 3.63) is 12.8 Å². The van der Waals surface area contributed by atoms with E-state index in [4.69, 9.17) is 0 Å². The number of sulfonamides is 1. The highest BCUT2D eigenvalue weighted by atomic mass is 32.2. The number of alkyl halides is 17. The molecule has 0 aliphatic rings. The van der Waals surface area contributed by atoms with Crippen LogP contribution in [0.1, 0.15) is 0 Å². The van der Waals surface area contributed by atoms with Crippen molar-refractivity contribution in [2.24, 2.45) is 0 Å². The first-order valence-electron chi connectivity index (χ1n) is 7.60. The number of hydrogen-bond donors (Lipinski definition) is 0. The Morgan fingerprint density at radius 3 is 1.26 bits per heavy atom. The van der Waals surface area contributed by atoms with Gasteiger partial charge in [-0.3, -0.25) is 0 Å². The predicted octanol–water partition coefficient (Wildman–Crippen LogP) is 5.63. The fourth-order valence-electron chi connectivity index (χ4n) is 1.76. The van der Waals surface area contributed by atoms with Crippen molar-refractivity contribution in [3.63, 3.8) is 0 Å². The first-order chi connectivity index (χ1) is 15.0. The van der Waals surface area contributed by atoms with Gasteiger partial charge in [-0.15, -0.1) is 4.48 Å². The number of hydrogen-bond acceptors (Lipinski definition) is 3. The fraction of sp³-hybridized carbons (Fsp3) is 0.833. The van der Waals surface area contributed by atoms with Crippen molar-refractivity contribution in [3.8, 4) is 0 Å². The molecule has 0 aliphatic carbocycles. The summed E-state index contributed by atoms with van der Waals surface area (Å²) < 4.78 is 259. The summed E-state index contributed by atoms with van der Waals surface area (Å²) in [5.41, 5.74) is 0. The molecular formula is C12H7F18NO3S. The van der Waals surface area contributed by atoms with E-state index in [1.54, 1.807) is 0 Å². The maximum absolute atomic E-state index is 13.6. The molecule has 35 heavy (non-hydrogen) atoms. The molecular weight excluding hydrogens is 580 g/mol. The summed E-state index contributed by atoms with van der Waals surface area (Å²) in [5, 5.41) is -7.95. The van der Waals surface area contributed by atoms with Crippen LogP contribution in [-0.4, -0.2) is 73.1 Å². The van der Waals surface area contributed by atoms with E-state index >= 15 is 0 Å². The van der Waals surface area contributed by atoms with Crippen LogP contribution in [0.5, 0.6) is 0 Å². The first kappa shape index (κ1) is 33.2. The quantitative estimate of drug-likeness (QED) is 0.129. The molecule has 0 saturated heterocycles. The van der Waals surface area contributed by atoms with Crippen LogP contribution in [0.4, 0.5) is 79.1 Å². The van der Waals surface area contributed by atoms with Gasteiger partial charge < -0.3 is 4.74 Å². The first-order valence-corrected chi connectivity index (χ1v) is 9.04. The zero-order valence-corrected chi connectivity index (χ0v) is 16.4. The van der Waals surface area contributed by atoms with Gasteiger partial charge in [-0.2, -0.15) is 74.6 Å². The van der Waals surface area contributed by atoms with E-state index < -0.39 is 74.7 Å². The van der Waals surface area contributed by atoms with Gasteiger partial charge in [0.05, 0.1) is 12.8 Å². The summed E-state index contributed by atoms with van der Waals surface area (Å²) in [6.45, 7) is -0.807. The van der Waals surface area contributed by atoms with E-state index in [-0.39, 0.29) is 0 Å². The van der Waals surface area contributed by atoms with Gasteiger partial charge in [0.1, 0.15) is 6.61 Å². The number of halogens is 18. The molecule has 0 saturated carbocycles. The van der Waals surface area contributed by atoms with Crippen LogP contribution in [0.15, 0.2) is 12.8 Å². The largest absolute Gasteiger partial charge is 0.500 e. The minimum atomic E-state index is -8.98. The van der Waals surface area contributed by atoms with Gasteiger partial charge in [-0.1, -0.05) is 6.58 Å². The van der Waals surface area contributed by atoms with Crippen LogP contribution >= 0.6 is 0 Å². The van der Waals surface area contributed by atoms with Crippen molar-refractivity contribution >= 4 is 10.0 Å². The molecule has 0 heterocycles. The summed E-state index contributed by atoms with van der Waals surface area (Å²) in [6.07, 6.45) is -7.59. The van der Waals surface area contributed by atoms with Crippen molar-refractivity contribution in [2.45, 2.75) is 47.0 Å². The lowest BCUT2D eigenvalue weighted by molar-refractivity contribution is -0.458. The summed E-state index contributed by atoms with van der Waals surface area (Å²) in [4.78, 5) is 0. The van der Waals surface area contributed by atoms with E-state index in [0.717, 1.165) is 0 Å². The van der Waals surface area contributed by atoms with Crippen LogP contribution in [0, 0.1) is 0 Å². The maximum Gasteiger partial charge on any atom is 0.460 e. The van der Waals surface area contributed by atoms with E-state index in [9.17, 15) is 87.5 Å². The normalized spacial score (nSPS) is 16.0. The maximum atomic E-state index is 13.6. The molecule has 210 valence electrons. The lowest BCUT2D eigenvalue weighted by Gasteiger charge is -2.42. The molecule has 4 nitrogen and oxygen atoms in total. The van der Waals surface area contributed by atoms with E-state index in [2.05, 4.69) is 11.3 Å². The third-order valence-electron chi connectivity index (χ3n) is 3.78. The SMILES string of the molecule is C=COCCN(F)S(=O)(=O)C(F)(F)C(F)(F)C(F)(F)C(F)(F)C(F)(F)C(F)(F)C(F)(F)C(F)(F)F. The van der Waals surface area contributed by atoms with E-state index in [1.165, 1.54) is 0 Å². The number of ether oxygens (including phenoxy) is 1. The lowest BCUT2D eigenvalue weighted by atomic mass is 9.91. The van der Waals surface area contributed by atoms with E-state index in [1.807, 2.05) is 0 Å². The Labute approximate surface area is 181 Å². The van der Waals surface area contributed by atoms with Crippen LogP contribution < -0.4 is 0 Å². The van der Waals surface area contributed by atoms with Gasteiger partial charge in [0.2, 0.25) is 0 Å². The Kier molecular flexibility index (Phi) is 8.48. The smallest absolute Gasteiger partial charge is 0.460 e. The molecule has 0 aromatic heterocycles. The zero-order valence-electron chi connectivity index (χ0n) is 15.6. The van der Waals surface area contributed by atoms with Crippen molar-refractivity contribution in [1.29, 1.82) is 0 Å². The average Bonchev–Trinajstić information content (AvgIpc) is 2.65. The van der Waals surface area contributed by atoms with Gasteiger partial charge in [-0.05, 0) is 4.53 Å². The minimum absolute atomic E-state index is 0.334. The highest BCUT2D eigenvalue weighted by Crippen LogP contribution is 2.64. The second-order valence-corrected chi connectivity index (χ2v) is 7.87. The standard InChI is InChI=1S/C12H7F18NO3S/c1-2-34-4-3-31(30)35(32,33)12(28,29)10(23,24)8(19,20)6(15,16)5(13,14)7(17,18)9(21,22)11(25,26)27/h2H,1,3-4H2. The monoisotopic (exact) mass is 587 g/mol. The summed E-state index contributed by atoms with van der Waals surface area (Å²) >= 11 is 0. The zero-order chi connectivity index (χ0) is 28.9. The second kappa shape index (κ2) is 8.94. The molecule has 0 aliphatic heterocycles. The Hall–Kier alpha value is -1.81. The molecule has 0 bridgehead atoms. The topological polar surface area (TPSA) is 46.6 Å². The van der Waals surface area contributed by atoms with Crippen molar-refractivity contribution in [1.82, 2.24) is 4.53 Å². The van der Waals surface area contributed by atoms with Gasteiger partial charge in [0.25, 0.3) is 0 Å². The van der Waals surface area contributed by atoms with Gasteiger partial charge in [0.15, 0.2) is 0 Å². The van der Waals surface area contributed by atoms with Crippen LogP contribution in [0.2, 0.25) is 0 Å². The molecule has 0 amide bonds. The van der Waals surface area contributed by atoms with Gasteiger partial charge in [-0.25, -0.2) is 8.42 Å². The molecule has 0 N–H and O–H groups in total. The second-order valence-electron chi connectivity index (χ2n) is 6.01. The van der Waals surface area contributed by atoms with Gasteiger partial charge in [0, 0.05) is 0 Å². The molecule has 0 unspecified atom stereocenters. The minimum Gasteiger partial charge on any atom is -0.500 e. The average molecular weight is 587 g/mol. The molecule has 0 radical (unpaired) electrons. The highest BCUT2D eigenvalue weighted by molar-refractivity contribution is 7.90. The Morgan fingerprint density at radius 2 is 0.943 bits per heavy atom. The third kappa shape index (κ3) is 4.45. The summed E-state index contributed by atoms with van der Waals surface area (Å²) in [5.74, 6) is -52.5. The summed E-state index contributed by atoms with van der Waals surface area (Å²) in [7, 11) is -7.96. The molecule has 0 aromatic rings. The van der Waals surface area contributed by atoms with Crippen LogP contribution in [-0.2, 0) is 14.8 Å². The molecule has 0 aromatic carbocycles. The fourth-order valence-corrected chi connectivity index (χ4v) is 2.78. The van der Waals surface area contributed by atoms with Crippen LogP contribution in [0.3, 0.4) is 0 Å². The van der Waals surface area contributed by atoms with E-state index in [0.29, 0.717) is 6.26 Å². The summed E-state index contributed by atoms with van der Waals surface area (Å²) in [6, 6.07) is 0.